The van der Waals surface area contributed by atoms with Crippen LogP contribution in [0.3, 0.4) is 0 Å². The first-order valence-corrected chi connectivity index (χ1v) is 11.0. The second-order valence-electron chi connectivity index (χ2n) is 7.62. The molecule has 0 bridgehead atoms. The fourth-order valence-electron chi connectivity index (χ4n) is 2.91. The quantitative estimate of drug-likeness (QED) is 0.371. The van der Waals surface area contributed by atoms with Crippen molar-refractivity contribution in [3.8, 4) is 11.5 Å². The first-order chi connectivity index (χ1) is 14.4. The molecule has 30 heavy (non-hydrogen) atoms. The third-order valence-electron chi connectivity index (χ3n) is 4.09. The highest BCUT2D eigenvalue weighted by molar-refractivity contribution is 7.97. The lowest BCUT2D eigenvalue weighted by Gasteiger charge is -2.20. The summed E-state index contributed by atoms with van der Waals surface area (Å²) in [6, 6.07) is 26.3. The lowest BCUT2D eigenvalue weighted by atomic mass is 10.2. The monoisotopic (exact) mass is 423 g/mol. The van der Waals surface area contributed by atoms with Gasteiger partial charge in [-0.15, -0.1) is 0 Å². The maximum Gasteiger partial charge on any atom is 0.344 e. The molecular weight excluding hydrogens is 396 g/mol. The highest BCUT2D eigenvalue weighted by Gasteiger charge is 2.32. The summed E-state index contributed by atoms with van der Waals surface area (Å²) >= 11 is 0. The van der Waals surface area contributed by atoms with E-state index in [-0.39, 0.29) is 6.61 Å². The van der Waals surface area contributed by atoms with Gasteiger partial charge in [-0.05, 0) is 51.1 Å². The van der Waals surface area contributed by atoms with Crippen LogP contribution in [0.2, 0.25) is 0 Å². The van der Waals surface area contributed by atoms with E-state index in [1.807, 2.05) is 75.4 Å². The van der Waals surface area contributed by atoms with Crippen LogP contribution in [-0.2, 0) is 20.4 Å². The van der Waals surface area contributed by atoms with Crippen LogP contribution in [0.1, 0.15) is 20.8 Å². The molecule has 0 unspecified atom stereocenters. The maximum atomic E-state index is 12.2. The summed E-state index contributed by atoms with van der Waals surface area (Å²) < 4.78 is 16.8. The Hall–Kier alpha value is -2.92. The summed E-state index contributed by atoms with van der Waals surface area (Å²) in [6.07, 6.45) is 0. The Balaban J connectivity index is 2.00. The Morgan fingerprint density at radius 1 is 0.867 bits per heavy atom. The topological polar surface area (TPSA) is 44.8 Å². The molecule has 0 aliphatic carbocycles. The molecule has 0 aromatic heterocycles. The third kappa shape index (κ3) is 5.80. The van der Waals surface area contributed by atoms with E-state index in [1.165, 1.54) is 0 Å². The van der Waals surface area contributed by atoms with Crippen molar-refractivity contribution in [3.63, 3.8) is 0 Å². The van der Waals surface area contributed by atoms with Gasteiger partial charge in [-0.1, -0.05) is 36.4 Å². The van der Waals surface area contributed by atoms with Crippen molar-refractivity contribution in [1.29, 1.82) is 0 Å². The molecule has 3 aromatic rings. The van der Waals surface area contributed by atoms with Gasteiger partial charge in [0.05, 0.1) is 7.11 Å². The number of rotatable bonds is 7. The molecule has 0 spiro atoms. The summed E-state index contributed by atoms with van der Waals surface area (Å²) in [7, 11) is 1.21. The van der Waals surface area contributed by atoms with Gasteiger partial charge >= 0.3 is 5.97 Å². The molecule has 0 fully saturated rings. The van der Waals surface area contributed by atoms with Crippen molar-refractivity contribution in [2.45, 2.75) is 41.1 Å². The van der Waals surface area contributed by atoms with Crippen LogP contribution >= 0.6 is 0 Å². The van der Waals surface area contributed by atoms with Crippen LogP contribution in [-0.4, -0.2) is 25.3 Å². The van der Waals surface area contributed by atoms with Crippen LogP contribution in [0.15, 0.2) is 93.5 Å². The zero-order valence-corrected chi connectivity index (χ0v) is 18.6. The van der Waals surface area contributed by atoms with Crippen molar-refractivity contribution < 1.29 is 19.0 Å². The zero-order valence-electron chi connectivity index (χ0n) is 17.8. The summed E-state index contributed by atoms with van der Waals surface area (Å²) in [4.78, 5) is 15.5. The first kappa shape index (κ1) is 21.8. The minimum Gasteiger partial charge on any atom is -0.497 e. The fourth-order valence-corrected chi connectivity index (χ4v) is 5.07. The maximum absolute atomic E-state index is 12.2. The van der Waals surface area contributed by atoms with Crippen molar-refractivity contribution in [2.24, 2.45) is 0 Å². The molecular formula is C25H27O4S+. The second kappa shape index (κ2) is 9.72. The Morgan fingerprint density at radius 3 is 1.93 bits per heavy atom. The van der Waals surface area contributed by atoms with E-state index in [0.717, 1.165) is 14.7 Å². The molecule has 0 amide bonds. The van der Waals surface area contributed by atoms with Crippen molar-refractivity contribution in [2.75, 3.05) is 13.7 Å². The normalized spacial score (nSPS) is 11.2. The Morgan fingerprint density at radius 2 is 1.43 bits per heavy atom. The molecule has 3 aromatic carbocycles. The average molecular weight is 424 g/mol. The molecule has 5 heteroatoms. The molecule has 3 rings (SSSR count). The lowest BCUT2D eigenvalue weighted by Crippen LogP contribution is -2.27. The van der Waals surface area contributed by atoms with Gasteiger partial charge in [0.1, 0.15) is 22.2 Å². The highest BCUT2D eigenvalue weighted by Crippen LogP contribution is 2.38. The molecule has 0 N–H and O–H groups in total. The van der Waals surface area contributed by atoms with Gasteiger partial charge in [-0.3, -0.25) is 0 Å². The van der Waals surface area contributed by atoms with Crippen LogP contribution in [0.25, 0.3) is 0 Å². The third-order valence-corrected chi connectivity index (χ3v) is 6.36. The second-order valence-corrected chi connectivity index (χ2v) is 9.62. The Kier molecular flexibility index (Phi) is 7.06. The summed E-state index contributed by atoms with van der Waals surface area (Å²) in [5.74, 6) is 0.870. The van der Waals surface area contributed by atoms with Gasteiger partial charge < -0.3 is 14.2 Å². The fraction of sp³-hybridized carbons (Fsp3) is 0.240. The van der Waals surface area contributed by atoms with Crippen molar-refractivity contribution in [1.82, 2.24) is 0 Å². The van der Waals surface area contributed by atoms with E-state index < -0.39 is 22.5 Å². The van der Waals surface area contributed by atoms with Gasteiger partial charge in [0.25, 0.3) is 0 Å². The number of esters is 1. The molecule has 0 heterocycles. The van der Waals surface area contributed by atoms with Gasteiger partial charge in [-0.25, -0.2) is 4.79 Å². The van der Waals surface area contributed by atoms with Crippen LogP contribution < -0.4 is 9.47 Å². The Labute approximate surface area is 181 Å². The lowest BCUT2D eigenvalue weighted by molar-refractivity contribution is -0.157. The van der Waals surface area contributed by atoms with E-state index in [1.54, 1.807) is 7.11 Å². The van der Waals surface area contributed by atoms with E-state index >= 15 is 0 Å². The number of methoxy groups -OCH3 is 1. The van der Waals surface area contributed by atoms with Gasteiger partial charge in [-0.2, -0.15) is 0 Å². The minimum atomic E-state index is -0.560. The number of ether oxygens (including phenoxy) is 3. The van der Waals surface area contributed by atoms with E-state index in [0.29, 0.717) is 11.5 Å². The van der Waals surface area contributed by atoms with E-state index in [2.05, 4.69) is 24.3 Å². The van der Waals surface area contributed by atoms with E-state index in [4.69, 9.17) is 14.2 Å². The molecule has 0 aliphatic heterocycles. The SMILES string of the molecule is COc1ccc([S+](c2ccccc2)c2ccccc2)c(OCC(=O)OC(C)(C)C)c1. The van der Waals surface area contributed by atoms with E-state index in [9.17, 15) is 4.79 Å². The zero-order chi connectivity index (χ0) is 21.6. The number of hydrogen-bond donors (Lipinski definition) is 0. The number of carbonyl (C=O) groups is 1. The number of benzene rings is 3. The summed E-state index contributed by atoms with van der Waals surface area (Å²) in [6.45, 7) is 5.34. The molecule has 0 saturated carbocycles. The van der Waals surface area contributed by atoms with Crippen molar-refractivity contribution in [3.05, 3.63) is 78.9 Å². The molecule has 0 atom stereocenters. The molecule has 0 aliphatic rings. The minimum absolute atomic E-state index is 0.168. The van der Waals surface area contributed by atoms with Crippen LogP contribution in [0.5, 0.6) is 11.5 Å². The van der Waals surface area contributed by atoms with Crippen LogP contribution in [0.4, 0.5) is 0 Å². The standard InChI is InChI=1S/C25H27O4S/c1-25(2,3)29-24(26)18-28-22-17-19(27-4)15-16-23(22)30(20-11-7-5-8-12-20)21-13-9-6-10-14-21/h5-17H,18H2,1-4H3/q+1. The highest BCUT2D eigenvalue weighted by atomic mass is 32.2. The average Bonchev–Trinajstić information content (AvgIpc) is 2.73. The predicted molar refractivity (Wildman–Crippen MR) is 119 cm³/mol. The molecule has 4 nitrogen and oxygen atoms in total. The smallest absolute Gasteiger partial charge is 0.344 e. The first-order valence-electron chi connectivity index (χ1n) is 9.74. The van der Waals surface area contributed by atoms with Gasteiger partial charge in [0, 0.05) is 12.1 Å². The number of carbonyl (C=O) groups excluding carboxylic acids is 1. The van der Waals surface area contributed by atoms with Crippen molar-refractivity contribution >= 4 is 16.9 Å². The molecule has 156 valence electrons. The Bertz CT molecular complexity index is 926. The molecule has 0 radical (unpaired) electrons. The van der Waals surface area contributed by atoms with Gasteiger partial charge in [0.15, 0.2) is 22.1 Å². The summed E-state index contributed by atoms with van der Waals surface area (Å²) in [5.41, 5.74) is -0.560. The summed E-state index contributed by atoms with van der Waals surface area (Å²) in [5, 5.41) is 0. The number of hydrogen-bond acceptors (Lipinski definition) is 4. The molecule has 0 saturated heterocycles. The largest absolute Gasteiger partial charge is 0.497 e. The predicted octanol–water partition coefficient (Wildman–Crippen LogP) is 5.51. The van der Waals surface area contributed by atoms with Gasteiger partial charge in [0.2, 0.25) is 4.90 Å². The van der Waals surface area contributed by atoms with Crippen LogP contribution in [0, 0.1) is 0 Å².